The molecular weight excluding hydrogens is 378 g/mol. The highest BCUT2D eigenvalue weighted by Crippen LogP contribution is 2.30. The third kappa shape index (κ3) is 3.54. The number of nitrogens with zero attached hydrogens (tertiary/aromatic N) is 3. The second-order valence-electron chi connectivity index (χ2n) is 5.90. The Morgan fingerprint density at radius 1 is 1.35 bits per heavy atom. The predicted molar refractivity (Wildman–Crippen MR) is 99.3 cm³/mol. The van der Waals surface area contributed by atoms with Gasteiger partial charge in [-0.25, -0.2) is 14.8 Å². The maximum atomic E-state index is 12.2. The maximum Gasteiger partial charge on any atom is 0.350 e. The van der Waals surface area contributed by atoms with Crippen LogP contribution in [0.4, 0.5) is 5.13 Å². The number of aromatic nitrogens is 3. The third-order valence-corrected chi connectivity index (χ3v) is 5.63. The molecule has 2 aromatic heterocycles. The van der Waals surface area contributed by atoms with Crippen LogP contribution in [0.5, 0.6) is 0 Å². The van der Waals surface area contributed by atoms with E-state index in [-0.39, 0.29) is 23.7 Å². The van der Waals surface area contributed by atoms with Gasteiger partial charge < -0.3 is 19.9 Å². The number of nitrogens with one attached hydrogen (secondary N) is 2. The summed E-state index contributed by atoms with van der Waals surface area (Å²) in [6.45, 7) is 5.13. The number of H-pyrrole nitrogens is 1. The number of aryl methyl sites for hydroxylation is 2. The fourth-order valence-electron chi connectivity index (χ4n) is 2.68. The minimum atomic E-state index is -0.364. The highest BCUT2D eigenvalue weighted by molar-refractivity contribution is 7.17. The first kappa shape index (κ1) is 18.7. The number of thiazole rings is 1. The highest BCUT2D eigenvalue weighted by atomic mass is 35.5. The van der Waals surface area contributed by atoms with Crippen LogP contribution < -0.4 is 10.2 Å². The van der Waals surface area contributed by atoms with Crippen LogP contribution in [0.25, 0.3) is 0 Å². The Hall–Kier alpha value is -2.13. The molecule has 0 aliphatic carbocycles. The number of amides is 1. The fraction of sp³-hybridized carbons (Fsp3) is 0.500. The van der Waals surface area contributed by atoms with Crippen molar-refractivity contribution in [1.82, 2.24) is 20.3 Å². The molecule has 140 valence electrons. The first-order valence-electron chi connectivity index (χ1n) is 8.34. The molecular formula is C16H20ClN5O3S. The van der Waals surface area contributed by atoms with Crippen LogP contribution in [0, 0.1) is 0 Å². The average Bonchev–Trinajstić information content (AvgIpc) is 3.19. The number of halogens is 1. The number of ether oxygens (including phenoxy) is 1. The van der Waals surface area contributed by atoms with Gasteiger partial charge in [0.05, 0.1) is 24.5 Å². The van der Waals surface area contributed by atoms with Gasteiger partial charge in [0.25, 0.3) is 5.91 Å². The minimum Gasteiger partial charge on any atom is -0.465 e. The summed E-state index contributed by atoms with van der Waals surface area (Å²) in [7, 11) is 1.36. The number of hydrogen-bond acceptors (Lipinski definition) is 7. The topological polar surface area (TPSA) is 100 Å². The SMILES string of the molecule is CCc1nc(N2CC(NC(=O)c3nc(Cl)c(CC)[nH]3)C2)sc1C(=O)OC. The Balaban J connectivity index is 1.59. The first-order valence-corrected chi connectivity index (χ1v) is 9.54. The molecule has 3 heterocycles. The van der Waals surface area contributed by atoms with Crippen LogP contribution in [0.3, 0.4) is 0 Å². The molecule has 0 saturated carbocycles. The van der Waals surface area contributed by atoms with Crippen molar-refractivity contribution in [2.24, 2.45) is 0 Å². The number of methoxy groups -OCH3 is 1. The zero-order chi connectivity index (χ0) is 18.8. The number of imidazole rings is 1. The number of rotatable bonds is 6. The van der Waals surface area contributed by atoms with E-state index in [9.17, 15) is 9.59 Å². The van der Waals surface area contributed by atoms with Gasteiger partial charge in [-0.3, -0.25) is 4.79 Å². The second-order valence-corrected chi connectivity index (χ2v) is 7.24. The molecule has 1 aliphatic rings. The summed E-state index contributed by atoms with van der Waals surface area (Å²) in [4.78, 5) is 38.1. The molecule has 1 aliphatic heterocycles. The molecule has 1 saturated heterocycles. The van der Waals surface area contributed by atoms with Crippen molar-refractivity contribution in [3.8, 4) is 0 Å². The zero-order valence-electron chi connectivity index (χ0n) is 14.8. The van der Waals surface area contributed by atoms with E-state index in [1.807, 2.05) is 18.7 Å². The molecule has 0 aromatic carbocycles. The first-order chi connectivity index (χ1) is 12.5. The van der Waals surface area contributed by atoms with Gasteiger partial charge in [0.15, 0.2) is 16.1 Å². The lowest BCUT2D eigenvalue weighted by Gasteiger charge is -2.39. The van der Waals surface area contributed by atoms with Gasteiger partial charge in [-0.15, -0.1) is 0 Å². The van der Waals surface area contributed by atoms with E-state index < -0.39 is 0 Å². The smallest absolute Gasteiger partial charge is 0.350 e. The van der Waals surface area contributed by atoms with E-state index in [1.54, 1.807) is 0 Å². The predicted octanol–water partition coefficient (Wildman–Crippen LogP) is 2.05. The van der Waals surface area contributed by atoms with Crippen molar-refractivity contribution in [3.63, 3.8) is 0 Å². The average molecular weight is 398 g/mol. The van der Waals surface area contributed by atoms with E-state index >= 15 is 0 Å². The van der Waals surface area contributed by atoms with Gasteiger partial charge in [-0.2, -0.15) is 0 Å². The molecule has 0 bridgehead atoms. The molecule has 2 aromatic rings. The van der Waals surface area contributed by atoms with Crippen molar-refractivity contribution in [2.75, 3.05) is 25.1 Å². The summed E-state index contributed by atoms with van der Waals surface area (Å²) in [5.74, 6) is -0.418. The normalized spacial score (nSPS) is 14.2. The largest absolute Gasteiger partial charge is 0.465 e. The van der Waals surface area contributed by atoms with Crippen LogP contribution in [-0.4, -0.2) is 53.1 Å². The Kier molecular flexibility index (Phi) is 5.47. The molecule has 8 nitrogen and oxygen atoms in total. The zero-order valence-corrected chi connectivity index (χ0v) is 16.3. The Morgan fingerprint density at radius 2 is 2.08 bits per heavy atom. The van der Waals surface area contributed by atoms with Crippen molar-refractivity contribution in [2.45, 2.75) is 32.7 Å². The molecule has 26 heavy (non-hydrogen) atoms. The lowest BCUT2D eigenvalue weighted by Crippen LogP contribution is -2.59. The van der Waals surface area contributed by atoms with Crippen LogP contribution in [0.15, 0.2) is 0 Å². The van der Waals surface area contributed by atoms with Gasteiger partial charge in [-0.05, 0) is 12.8 Å². The number of aromatic amines is 1. The van der Waals surface area contributed by atoms with Crippen molar-refractivity contribution in [1.29, 1.82) is 0 Å². The molecule has 1 fully saturated rings. The van der Waals surface area contributed by atoms with Gasteiger partial charge in [0.2, 0.25) is 0 Å². The highest BCUT2D eigenvalue weighted by Gasteiger charge is 2.32. The van der Waals surface area contributed by atoms with Crippen LogP contribution in [0.2, 0.25) is 5.15 Å². The quantitative estimate of drug-likeness (QED) is 0.723. The minimum absolute atomic E-state index is 0.00740. The van der Waals surface area contributed by atoms with E-state index in [0.29, 0.717) is 36.0 Å². The van der Waals surface area contributed by atoms with Crippen LogP contribution in [0.1, 0.15) is 45.5 Å². The Labute approximate surface area is 159 Å². The molecule has 1 amide bonds. The number of carbonyl (C=O) groups excluding carboxylic acids is 2. The molecule has 0 atom stereocenters. The van der Waals surface area contributed by atoms with Crippen molar-refractivity contribution < 1.29 is 14.3 Å². The molecule has 2 N–H and O–H groups in total. The van der Waals surface area contributed by atoms with Gasteiger partial charge in [0, 0.05) is 13.1 Å². The monoisotopic (exact) mass is 397 g/mol. The molecule has 0 unspecified atom stereocenters. The van der Waals surface area contributed by atoms with Crippen LogP contribution >= 0.6 is 22.9 Å². The summed E-state index contributed by atoms with van der Waals surface area (Å²) in [5, 5.41) is 4.02. The van der Waals surface area contributed by atoms with E-state index in [1.165, 1.54) is 18.4 Å². The molecule has 10 heteroatoms. The fourth-order valence-corrected chi connectivity index (χ4v) is 4.03. The lowest BCUT2D eigenvalue weighted by molar-refractivity contribution is 0.0604. The molecule has 3 rings (SSSR count). The number of carbonyl (C=O) groups is 2. The van der Waals surface area contributed by atoms with E-state index in [0.717, 1.165) is 16.5 Å². The number of hydrogen-bond donors (Lipinski definition) is 2. The second kappa shape index (κ2) is 7.63. The molecule has 0 spiro atoms. The number of esters is 1. The van der Waals surface area contributed by atoms with Gasteiger partial charge in [0.1, 0.15) is 4.88 Å². The van der Waals surface area contributed by atoms with E-state index in [4.69, 9.17) is 16.3 Å². The summed E-state index contributed by atoms with van der Waals surface area (Å²) >= 11 is 7.29. The summed E-state index contributed by atoms with van der Waals surface area (Å²) < 4.78 is 4.80. The van der Waals surface area contributed by atoms with E-state index in [2.05, 4.69) is 20.3 Å². The summed E-state index contributed by atoms with van der Waals surface area (Å²) in [5.41, 5.74) is 1.49. The van der Waals surface area contributed by atoms with Crippen LogP contribution in [-0.2, 0) is 17.6 Å². The van der Waals surface area contributed by atoms with Crippen molar-refractivity contribution in [3.05, 3.63) is 27.2 Å². The standard InChI is InChI=1S/C16H20ClN5O3S/c1-4-9-11(15(24)25-3)26-16(20-9)22-6-8(7-22)18-14(23)13-19-10(5-2)12(17)21-13/h8H,4-7H2,1-3H3,(H,18,23)(H,19,21). The summed E-state index contributed by atoms with van der Waals surface area (Å²) in [6.07, 6.45) is 1.34. The third-order valence-electron chi connectivity index (χ3n) is 4.18. The Morgan fingerprint density at radius 3 is 2.65 bits per heavy atom. The Bertz CT molecular complexity index is 828. The van der Waals surface area contributed by atoms with Gasteiger partial charge >= 0.3 is 5.97 Å². The maximum absolute atomic E-state index is 12.2. The van der Waals surface area contributed by atoms with Gasteiger partial charge in [-0.1, -0.05) is 36.8 Å². The lowest BCUT2D eigenvalue weighted by atomic mass is 10.1. The summed E-state index contributed by atoms with van der Waals surface area (Å²) in [6, 6.07) is -0.00740. The molecule has 0 radical (unpaired) electrons. The van der Waals surface area contributed by atoms with Crippen molar-refractivity contribution >= 4 is 39.9 Å². The number of anilines is 1.